The lowest BCUT2D eigenvalue weighted by Crippen LogP contribution is -1.97. The van der Waals surface area contributed by atoms with Crippen molar-refractivity contribution < 1.29 is 0 Å². The van der Waals surface area contributed by atoms with Gasteiger partial charge < -0.3 is 5.32 Å². The summed E-state index contributed by atoms with van der Waals surface area (Å²) >= 11 is 5.08. The third-order valence-electron chi connectivity index (χ3n) is 1.80. The summed E-state index contributed by atoms with van der Waals surface area (Å²) in [7, 11) is 1.89. The summed E-state index contributed by atoms with van der Waals surface area (Å²) in [5, 5.41) is 7.39. The van der Waals surface area contributed by atoms with Crippen molar-refractivity contribution in [3.8, 4) is 0 Å². The molecule has 0 aromatic carbocycles. The molecular formula is C8H9BrN4S. The summed E-state index contributed by atoms with van der Waals surface area (Å²) in [4.78, 5) is 5.22. The van der Waals surface area contributed by atoms with Crippen molar-refractivity contribution in [2.45, 2.75) is 6.54 Å². The van der Waals surface area contributed by atoms with Crippen molar-refractivity contribution in [1.29, 1.82) is 0 Å². The molecule has 0 saturated carbocycles. The van der Waals surface area contributed by atoms with Crippen molar-refractivity contribution in [1.82, 2.24) is 14.8 Å². The van der Waals surface area contributed by atoms with Gasteiger partial charge in [-0.2, -0.15) is 5.10 Å². The van der Waals surface area contributed by atoms with Gasteiger partial charge in [-0.25, -0.2) is 0 Å². The molecule has 0 bridgehead atoms. The number of aromatic nitrogens is 3. The Labute approximate surface area is 94.1 Å². The van der Waals surface area contributed by atoms with Crippen LogP contribution in [0, 0.1) is 0 Å². The van der Waals surface area contributed by atoms with Gasteiger partial charge >= 0.3 is 0 Å². The van der Waals surface area contributed by atoms with Crippen LogP contribution >= 0.6 is 27.3 Å². The zero-order valence-electron chi connectivity index (χ0n) is 7.57. The first-order valence-electron chi connectivity index (χ1n) is 4.06. The molecule has 74 valence electrons. The molecule has 0 fully saturated rings. The average molecular weight is 273 g/mol. The van der Waals surface area contributed by atoms with Crippen LogP contribution in [0.3, 0.4) is 0 Å². The monoisotopic (exact) mass is 272 g/mol. The Morgan fingerprint density at radius 2 is 2.43 bits per heavy atom. The van der Waals surface area contributed by atoms with Crippen molar-refractivity contribution in [2.24, 2.45) is 7.05 Å². The summed E-state index contributed by atoms with van der Waals surface area (Å²) in [5.41, 5.74) is 2.83. The van der Waals surface area contributed by atoms with Crippen LogP contribution < -0.4 is 5.32 Å². The number of hydrogen-bond donors (Lipinski definition) is 1. The molecular weight excluding hydrogens is 264 g/mol. The maximum absolute atomic E-state index is 4.11. The van der Waals surface area contributed by atoms with Crippen LogP contribution in [0.4, 0.5) is 5.69 Å². The first-order valence-corrected chi connectivity index (χ1v) is 5.73. The molecule has 0 saturated heterocycles. The molecule has 2 heterocycles. The van der Waals surface area contributed by atoms with Crippen molar-refractivity contribution in [2.75, 3.05) is 5.32 Å². The Morgan fingerprint density at radius 3 is 3.00 bits per heavy atom. The van der Waals surface area contributed by atoms with E-state index >= 15 is 0 Å². The van der Waals surface area contributed by atoms with Crippen LogP contribution in [0.25, 0.3) is 0 Å². The van der Waals surface area contributed by atoms with E-state index in [1.807, 2.05) is 18.8 Å². The van der Waals surface area contributed by atoms with Gasteiger partial charge in [0.05, 0.1) is 23.9 Å². The van der Waals surface area contributed by atoms with Gasteiger partial charge in [-0.05, 0) is 15.9 Å². The summed E-state index contributed by atoms with van der Waals surface area (Å²) < 4.78 is 2.73. The SMILES string of the molecule is Cn1ncc(NCc2cncs2)c1Br. The lowest BCUT2D eigenvalue weighted by molar-refractivity contribution is 0.750. The molecule has 0 radical (unpaired) electrons. The van der Waals surface area contributed by atoms with E-state index in [9.17, 15) is 0 Å². The molecule has 0 spiro atoms. The zero-order chi connectivity index (χ0) is 9.97. The number of halogens is 1. The number of nitrogens with zero attached hydrogens (tertiary/aromatic N) is 3. The maximum atomic E-state index is 4.11. The van der Waals surface area contributed by atoms with Crippen LogP contribution in [0.1, 0.15) is 4.88 Å². The van der Waals surface area contributed by atoms with Crippen LogP contribution in [0.15, 0.2) is 22.5 Å². The minimum absolute atomic E-state index is 0.787. The first kappa shape index (κ1) is 9.67. The number of rotatable bonds is 3. The smallest absolute Gasteiger partial charge is 0.126 e. The summed E-state index contributed by atoms with van der Waals surface area (Å²) in [6.45, 7) is 0.787. The first-order chi connectivity index (χ1) is 6.77. The molecule has 0 unspecified atom stereocenters. The molecule has 4 nitrogen and oxygen atoms in total. The second-order valence-electron chi connectivity index (χ2n) is 2.79. The van der Waals surface area contributed by atoms with E-state index in [-0.39, 0.29) is 0 Å². The van der Waals surface area contributed by atoms with E-state index in [1.165, 1.54) is 4.88 Å². The molecule has 0 aliphatic rings. The van der Waals surface area contributed by atoms with Gasteiger partial charge in [-0.3, -0.25) is 9.67 Å². The number of hydrogen-bond acceptors (Lipinski definition) is 4. The third kappa shape index (κ3) is 1.96. The molecule has 0 amide bonds. The van der Waals surface area contributed by atoms with Gasteiger partial charge in [0, 0.05) is 18.1 Å². The molecule has 0 atom stereocenters. The minimum Gasteiger partial charge on any atom is -0.377 e. The largest absolute Gasteiger partial charge is 0.377 e. The Hall–Kier alpha value is -0.880. The second-order valence-corrected chi connectivity index (χ2v) is 4.52. The fraction of sp³-hybridized carbons (Fsp3) is 0.250. The van der Waals surface area contributed by atoms with Gasteiger partial charge in [0.2, 0.25) is 0 Å². The van der Waals surface area contributed by atoms with E-state index in [2.05, 4.69) is 31.3 Å². The second kappa shape index (κ2) is 4.10. The van der Waals surface area contributed by atoms with Crippen molar-refractivity contribution in [3.63, 3.8) is 0 Å². The standard InChI is InChI=1S/C8H9BrN4S/c1-13-8(9)7(4-12-13)11-3-6-2-10-5-14-6/h2,4-5,11H,3H2,1H3. The van der Waals surface area contributed by atoms with Crippen LogP contribution in [-0.2, 0) is 13.6 Å². The fourth-order valence-corrected chi connectivity index (χ4v) is 1.92. The highest BCUT2D eigenvalue weighted by Crippen LogP contribution is 2.21. The van der Waals surface area contributed by atoms with Gasteiger partial charge in [0.1, 0.15) is 4.60 Å². The van der Waals surface area contributed by atoms with Gasteiger partial charge in [0.15, 0.2) is 0 Å². The third-order valence-corrected chi connectivity index (χ3v) is 3.52. The normalized spacial score (nSPS) is 10.4. The Kier molecular flexibility index (Phi) is 2.83. The molecule has 6 heteroatoms. The maximum Gasteiger partial charge on any atom is 0.126 e. The average Bonchev–Trinajstić information content (AvgIpc) is 2.77. The molecule has 2 aromatic heterocycles. The van der Waals surface area contributed by atoms with Crippen molar-refractivity contribution >= 4 is 33.0 Å². The number of nitrogens with one attached hydrogen (secondary N) is 1. The number of aryl methyl sites for hydroxylation is 1. The molecule has 0 aliphatic carbocycles. The van der Waals surface area contributed by atoms with Gasteiger partial charge in [-0.1, -0.05) is 0 Å². The number of thiazole rings is 1. The summed E-state index contributed by atoms with van der Waals surface area (Å²) in [6, 6.07) is 0. The molecule has 2 rings (SSSR count). The summed E-state index contributed by atoms with van der Waals surface area (Å²) in [6.07, 6.45) is 3.66. The quantitative estimate of drug-likeness (QED) is 0.932. The molecule has 2 aromatic rings. The van der Waals surface area contributed by atoms with E-state index in [0.717, 1.165) is 16.8 Å². The van der Waals surface area contributed by atoms with E-state index in [1.54, 1.807) is 22.2 Å². The van der Waals surface area contributed by atoms with Crippen molar-refractivity contribution in [3.05, 3.63) is 27.4 Å². The predicted molar refractivity (Wildman–Crippen MR) is 60.3 cm³/mol. The van der Waals surface area contributed by atoms with E-state index < -0.39 is 0 Å². The summed E-state index contributed by atoms with van der Waals surface area (Å²) in [5.74, 6) is 0. The zero-order valence-corrected chi connectivity index (χ0v) is 9.97. The minimum atomic E-state index is 0.787. The Morgan fingerprint density at radius 1 is 1.57 bits per heavy atom. The van der Waals surface area contributed by atoms with Gasteiger partial charge in [-0.15, -0.1) is 11.3 Å². The molecule has 1 N–H and O–H groups in total. The molecule has 0 aliphatic heterocycles. The van der Waals surface area contributed by atoms with Crippen LogP contribution in [-0.4, -0.2) is 14.8 Å². The number of anilines is 1. The van der Waals surface area contributed by atoms with Gasteiger partial charge in [0.25, 0.3) is 0 Å². The predicted octanol–water partition coefficient (Wildman–Crippen LogP) is 2.25. The highest BCUT2D eigenvalue weighted by molar-refractivity contribution is 9.10. The lowest BCUT2D eigenvalue weighted by Gasteiger charge is -2.01. The lowest BCUT2D eigenvalue weighted by atomic mass is 10.5. The fourth-order valence-electron chi connectivity index (χ4n) is 1.05. The topological polar surface area (TPSA) is 42.7 Å². The Balaban J connectivity index is 2.02. The van der Waals surface area contributed by atoms with E-state index in [0.29, 0.717) is 0 Å². The van der Waals surface area contributed by atoms with Crippen LogP contribution in [0.5, 0.6) is 0 Å². The molecule has 14 heavy (non-hydrogen) atoms. The Bertz CT molecular complexity index is 409. The van der Waals surface area contributed by atoms with Crippen LogP contribution in [0.2, 0.25) is 0 Å². The highest BCUT2D eigenvalue weighted by Gasteiger charge is 2.04. The highest BCUT2D eigenvalue weighted by atomic mass is 79.9. The van der Waals surface area contributed by atoms with E-state index in [4.69, 9.17) is 0 Å².